The molecule has 0 saturated carbocycles. The monoisotopic (exact) mass is 603 g/mol. The van der Waals surface area contributed by atoms with Gasteiger partial charge in [-0.05, 0) is 66.9 Å². The maximum Gasteiger partial charge on any atom is 0.264 e. The molecule has 1 N–H and O–H groups in total. The number of rotatable bonds is 11. The number of carbonyl (C=O) groups is 2. The number of nitrogens with one attached hydrogen (secondary N) is 1. The van der Waals surface area contributed by atoms with Crippen molar-refractivity contribution in [3.63, 3.8) is 0 Å². The van der Waals surface area contributed by atoms with Crippen molar-refractivity contribution in [3.05, 3.63) is 130 Å². The van der Waals surface area contributed by atoms with Gasteiger partial charge in [-0.1, -0.05) is 83.9 Å². The van der Waals surface area contributed by atoms with Gasteiger partial charge in [0.05, 0.1) is 10.6 Å². The second-order valence-corrected chi connectivity index (χ2v) is 12.4. The van der Waals surface area contributed by atoms with Crippen molar-refractivity contribution >= 4 is 39.1 Å². The highest BCUT2D eigenvalue weighted by Gasteiger charge is 2.34. The van der Waals surface area contributed by atoms with E-state index in [-0.39, 0.29) is 23.8 Å². The van der Waals surface area contributed by atoms with Gasteiger partial charge in [-0.3, -0.25) is 13.9 Å². The molecule has 42 heavy (non-hydrogen) atoms. The minimum Gasteiger partial charge on any atom is -0.357 e. The lowest BCUT2D eigenvalue weighted by atomic mass is 10.0. The summed E-state index contributed by atoms with van der Waals surface area (Å²) in [7, 11) is -2.65. The molecule has 0 unspecified atom stereocenters. The molecule has 0 aliphatic carbocycles. The number of carbonyl (C=O) groups excluding carboxylic acids is 2. The fourth-order valence-corrected chi connectivity index (χ4v) is 6.19. The number of sulfonamides is 1. The van der Waals surface area contributed by atoms with Crippen LogP contribution in [-0.2, 0) is 32.6 Å². The molecule has 0 aromatic heterocycles. The molecule has 0 bridgehead atoms. The minimum absolute atomic E-state index is 0.00146. The van der Waals surface area contributed by atoms with Gasteiger partial charge in [-0.2, -0.15) is 0 Å². The van der Waals surface area contributed by atoms with Crippen molar-refractivity contribution in [1.82, 2.24) is 10.2 Å². The normalized spacial score (nSPS) is 11.9. The highest BCUT2D eigenvalue weighted by molar-refractivity contribution is 7.92. The Morgan fingerprint density at radius 2 is 1.48 bits per heavy atom. The third kappa shape index (κ3) is 7.57. The molecule has 9 heteroatoms. The SMILES string of the molecule is CNC(=O)[C@H](Cc1ccccc1)N(Cc1ccc(C)cc1)C(=O)CN(c1cccc(C)c1)S(=O)(=O)c1ccc(Cl)cc1. The molecule has 2 amide bonds. The van der Waals surface area contributed by atoms with Gasteiger partial charge in [0.25, 0.3) is 10.0 Å². The molecule has 0 fully saturated rings. The summed E-state index contributed by atoms with van der Waals surface area (Å²) in [5.41, 5.74) is 3.92. The van der Waals surface area contributed by atoms with Crippen LogP contribution in [0.25, 0.3) is 0 Å². The largest absolute Gasteiger partial charge is 0.357 e. The van der Waals surface area contributed by atoms with E-state index in [9.17, 15) is 18.0 Å². The van der Waals surface area contributed by atoms with E-state index in [0.29, 0.717) is 10.7 Å². The first-order valence-electron chi connectivity index (χ1n) is 13.5. The Morgan fingerprint density at radius 3 is 2.10 bits per heavy atom. The fourth-order valence-electron chi connectivity index (χ4n) is 4.66. The zero-order valence-electron chi connectivity index (χ0n) is 23.8. The number of hydrogen-bond acceptors (Lipinski definition) is 4. The van der Waals surface area contributed by atoms with Crippen LogP contribution in [-0.4, -0.2) is 44.8 Å². The van der Waals surface area contributed by atoms with Crippen molar-refractivity contribution in [3.8, 4) is 0 Å². The van der Waals surface area contributed by atoms with Crippen molar-refractivity contribution in [2.75, 3.05) is 17.9 Å². The lowest BCUT2D eigenvalue weighted by Gasteiger charge is -2.33. The van der Waals surface area contributed by atoms with Crippen LogP contribution < -0.4 is 9.62 Å². The molecular formula is C33H34ClN3O4S. The molecule has 7 nitrogen and oxygen atoms in total. The van der Waals surface area contributed by atoms with Crippen LogP contribution in [0.4, 0.5) is 5.69 Å². The maximum atomic E-state index is 14.3. The molecule has 4 aromatic rings. The number of anilines is 1. The van der Waals surface area contributed by atoms with Gasteiger partial charge in [0.1, 0.15) is 12.6 Å². The van der Waals surface area contributed by atoms with E-state index in [1.165, 1.54) is 36.2 Å². The van der Waals surface area contributed by atoms with Crippen LogP contribution >= 0.6 is 11.6 Å². The number of amides is 2. The summed E-state index contributed by atoms with van der Waals surface area (Å²) in [5, 5.41) is 3.09. The van der Waals surface area contributed by atoms with Crippen LogP contribution in [0.1, 0.15) is 22.3 Å². The first kappa shape index (κ1) is 30.8. The lowest BCUT2D eigenvalue weighted by molar-refractivity contribution is -0.139. The fraction of sp³-hybridized carbons (Fsp3) is 0.212. The highest BCUT2D eigenvalue weighted by Crippen LogP contribution is 2.26. The number of hydrogen-bond donors (Lipinski definition) is 1. The third-order valence-corrected chi connectivity index (χ3v) is 9.00. The summed E-state index contributed by atoms with van der Waals surface area (Å²) in [4.78, 5) is 29.1. The van der Waals surface area contributed by atoms with Gasteiger partial charge in [0, 0.05) is 25.0 Å². The van der Waals surface area contributed by atoms with Crippen LogP contribution in [0.15, 0.2) is 108 Å². The summed E-state index contributed by atoms with van der Waals surface area (Å²) >= 11 is 6.03. The predicted octanol–water partition coefficient (Wildman–Crippen LogP) is 5.54. The van der Waals surface area contributed by atoms with E-state index in [1.54, 1.807) is 18.2 Å². The van der Waals surface area contributed by atoms with E-state index in [2.05, 4.69) is 5.32 Å². The molecule has 0 spiro atoms. The zero-order valence-corrected chi connectivity index (χ0v) is 25.4. The predicted molar refractivity (Wildman–Crippen MR) is 167 cm³/mol. The van der Waals surface area contributed by atoms with Crippen molar-refractivity contribution < 1.29 is 18.0 Å². The van der Waals surface area contributed by atoms with Gasteiger partial charge in [-0.25, -0.2) is 8.42 Å². The first-order valence-corrected chi connectivity index (χ1v) is 15.4. The van der Waals surface area contributed by atoms with Gasteiger partial charge >= 0.3 is 0 Å². The van der Waals surface area contributed by atoms with Crippen LogP contribution in [0, 0.1) is 13.8 Å². The molecule has 4 rings (SSSR count). The van der Waals surface area contributed by atoms with E-state index < -0.39 is 28.5 Å². The highest BCUT2D eigenvalue weighted by atomic mass is 35.5. The number of benzene rings is 4. The second kappa shape index (κ2) is 13.7. The lowest BCUT2D eigenvalue weighted by Crippen LogP contribution is -2.53. The Morgan fingerprint density at radius 1 is 0.810 bits per heavy atom. The average molecular weight is 604 g/mol. The number of halogens is 1. The van der Waals surface area contributed by atoms with Crippen LogP contribution in [0.2, 0.25) is 5.02 Å². The Bertz CT molecular complexity index is 1630. The van der Waals surface area contributed by atoms with E-state index in [1.807, 2.05) is 74.5 Å². The van der Waals surface area contributed by atoms with E-state index in [0.717, 1.165) is 26.6 Å². The maximum absolute atomic E-state index is 14.3. The average Bonchev–Trinajstić information content (AvgIpc) is 2.98. The molecule has 0 radical (unpaired) electrons. The van der Waals surface area contributed by atoms with Crippen LogP contribution in [0.3, 0.4) is 0 Å². The summed E-state index contributed by atoms with van der Waals surface area (Å²) in [6.45, 7) is 3.43. The van der Waals surface area contributed by atoms with Crippen molar-refractivity contribution in [1.29, 1.82) is 0 Å². The number of nitrogens with zero attached hydrogens (tertiary/aromatic N) is 2. The second-order valence-electron chi connectivity index (χ2n) is 10.1. The number of likely N-dealkylation sites (N-methyl/N-ethyl adjacent to an activating group) is 1. The molecule has 218 valence electrons. The smallest absolute Gasteiger partial charge is 0.264 e. The van der Waals surface area contributed by atoms with E-state index >= 15 is 0 Å². The summed E-state index contributed by atoms with van der Waals surface area (Å²) in [5.74, 6) is -0.860. The molecule has 0 saturated heterocycles. The topological polar surface area (TPSA) is 86.8 Å². The summed E-state index contributed by atoms with van der Waals surface area (Å²) in [6.07, 6.45) is 0.256. The van der Waals surface area contributed by atoms with Gasteiger partial charge in [-0.15, -0.1) is 0 Å². The molecule has 4 aromatic carbocycles. The summed E-state index contributed by atoms with van der Waals surface area (Å²) < 4.78 is 29.1. The molecule has 0 aliphatic rings. The Kier molecular flexibility index (Phi) is 10.0. The third-order valence-electron chi connectivity index (χ3n) is 6.96. The zero-order chi connectivity index (χ0) is 30.3. The standard InChI is InChI=1S/C33H34ClN3O4S/c1-24-12-14-27(15-13-24)22-36(31(33(39)35-3)21-26-9-5-4-6-10-26)32(38)23-37(29-11-7-8-25(2)20-29)42(40,41)30-18-16-28(34)17-19-30/h4-20,31H,21-23H2,1-3H3,(H,35,39)/t31-/m0/s1. The minimum atomic E-state index is -4.18. The Labute approximate surface area is 252 Å². The Hall–Kier alpha value is -4.14. The number of aryl methyl sites for hydroxylation is 2. The van der Waals surface area contributed by atoms with Gasteiger partial charge in [0.2, 0.25) is 11.8 Å². The van der Waals surface area contributed by atoms with Gasteiger partial charge < -0.3 is 10.2 Å². The quantitative estimate of drug-likeness (QED) is 0.244. The Balaban J connectivity index is 1.78. The molecule has 1 atom stereocenters. The van der Waals surface area contributed by atoms with Crippen LogP contribution in [0.5, 0.6) is 0 Å². The van der Waals surface area contributed by atoms with Crippen molar-refractivity contribution in [2.45, 2.75) is 37.8 Å². The summed E-state index contributed by atoms with van der Waals surface area (Å²) in [6, 6.07) is 29.0. The van der Waals surface area contributed by atoms with E-state index in [4.69, 9.17) is 11.6 Å². The first-order chi connectivity index (χ1) is 20.1. The molecule has 0 aliphatic heterocycles. The van der Waals surface area contributed by atoms with Crippen molar-refractivity contribution in [2.24, 2.45) is 0 Å². The molecular weight excluding hydrogens is 570 g/mol. The molecule has 0 heterocycles. The van der Waals surface area contributed by atoms with Gasteiger partial charge in [0.15, 0.2) is 0 Å².